The molecular weight excluding hydrogens is 352 g/mol. The van der Waals surface area contributed by atoms with Gasteiger partial charge in [0.1, 0.15) is 0 Å². The SMILES string of the molecule is O=C(Nc1ccccc1)N1CCCC(c2ccccc2)Sc2ccccc21. The third-order valence-electron chi connectivity index (χ3n) is 4.71. The lowest BCUT2D eigenvalue weighted by Gasteiger charge is -2.30. The van der Waals surface area contributed by atoms with Gasteiger partial charge in [-0.15, -0.1) is 11.8 Å². The number of nitrogens with one attached hydrogen (secondary N) is 1. The molecule has 1 unspecified atom stereocenters. The van der Waals surface area contributed by atoms with E-state index >= 15 is 0 Å². The molecule has 3 aromatic carbocycles. The molecule has 0 aromatic heterocycles. The number of fused-ring (bicyclic) bond motifs is 1. The predicted molar refractivity (Wildman–Crippen MR) is 114 cm³/mol. The van der Waals surface area contributed by atoms with Gasteiger partial charge in [0.2, 0.25) is 0 Å². The molecular formula is C23H22N2OS. The Labute approximate surface area is 164 Å². The Balaban J connectivity index is 1.60. The fraction of sp³-hybridized carbons (Fsp3) is 0.174. The van der Waals surface area contributed by atoms with Gasteiger partial charge in [-0.25, -0.2) is 4.79 Å². The number of thioether (sulfide) groups is 1. The van der Waals surface area contributed by atoms with Gasteiger partial charge in [-0.3, -0.25) is 4.90 Å². The lowest BCUT2D eigenvalue weighted by molar-refractivity contribution is 0.256. The van der Waals surface area contributed by atoms with E-state index in [4.69, 9.17) is 0 Å². The molecule has 4 rings (SSSR count). The second-order valence-electron chi connectivity index (χ2n) is 6.57. The van der Waals surface area contributed by atoms with Gasteiger partial charge in [-0.2, -0.15) is 0 Å². The number of nitrogens with zero attached hydrogens (tertiary/aromatic N) is 1. The second kappa shape index (κ2) is 8.31. The summed E-state index contributed by atoms with van der Waals surface area (Å²) in [6.45, 7) is 0.708. The van der Waals surface area contributed by atoms with Crippen molar-refractivity contribution in [3.05, 3.63) is 90.5 Å². The molecule has 3 nitrogen and oxygen atoms in total. The number of carbonyl (C=O) groups is 1. The number of para-hydroxylation sites is 2. The minimum Gasteiger partial charge on any atom is -0.308 e. The molecule has 1 aliphatic heterocycles. The number of rotatable bonds is 2. The summed E-state index contributed by atoms with van der Waals surface area (Å²) in [7, 11) is 0. The standard InChI is InChI=1S/C23H22N2OS/c26-23(24-19-12-5-2-6-13-19)25-17-9-16-21(18-10-3-1-4-11-18)27-22-15-8-7-14-20(22)25/h1-8,10-15,21H,9,16-17H2,(H,24,26). The highest BCUT2D eigenvalue weighted by Crippen LogP contribution is 2.44. The normalized spacial score (nSPS) is 16.7. The molecule has 0 spiro atoms. The molecule has 0 aliphatic carbocycles. The van der Waals surface area contributed by atoms with Crippen molar-refractivity contribution in [1.82, 2.24) is 0 Å². The molecule has 1 heterocycles. The van der Waals surface area contributed by atoms with Gasteiger partial charge in [0.25, 0.3) is 0 Å². The monoisotopic (exact) mass is 374 g/mol. The molecule has 0 radical (unpaired) electrons. The van der Waals surface area contributed by atoms with E-state index < -0.39 is 0 Å². The first-order valence-electron chi connectivity index (χ1n) is 9.25. The van der Waals surface area contributed by atoms with Gasteiger partial charge >= 0.3 is 6.03 Å². The molecule has 1 atom stereocenters. The maximum Gasteiger partial charge on any atom is 0.326 e. The number of hydrogen-bond acceptors (Lipinski definition) is 2. The maximum absolute atomic E-state index is 13.0. The Bertz CT molecular complexity index is 899. The van der Waals surface area contributed by atoms with Crippen LogP contribution in [0.5, 0.6) is 0 Å². The van der Waals surface area contributed by atoms with E-state index in [0.29, 0.717) is 11.8 Å². The van der Waals surface area contributed by atoms with E-state index in [2.05, 4.69) is 41.7 Å². The van der Waals surface area contributed by atoms with Crippen LogP contribution in [0.3, 0.4) is 0 Å². The average molecular weight is 375 g/mol. The summed E-state index contributed by atoms with van der Waals surface area (Å²) < 4.78 is 0. The van der Waals surface area contributed by atoms with Crippen molar-refractivity contribution in [2.75, 3.05) is 16.8 Å². The van der Waals surface area contributed by atoms with E-state index in [1.54, 1.807) is 0 Å². The summed E-state index contributed by atoms with van der Waals surface area (Å²) in [5.41, 5.74) is 3.15. The van der Waals surface area contributed by atoms with Crippen molar-refractivity contribution >= 4 is 29.2 Å². The first-order valence-corrected chi connectivity index (χ1v) is 10.1. The number of anilines is 2. The molecule has 27 heavy (non-hydrogen) atoms. The molecule has 136 valence electrons. The summed E-state index contributed by atoms with van der Waals surface area (Å²) in [6, 6.07) is 28.4. The smallest absolute Gasteiger partial charge is 0.308 e. The molecule has 0 saturated heterocycles. The minimum absolute atomic E-state index is 0.0765. The van der Waals surface area contributed by atoms with Crippen molar-refractivity contribution in [1.29, 1.82) is 0 Å². The van der Waals surface area contributed by atoms with Gasteiger partial charge in [-0.1, -0.05) is 60.7 Å². The first kappa shape index (κ1) is 17.7. The number of benzene rings is 3. The molecule has 1 aliphatic rings. The number of amides is 2. The molecule has 0 saturated carbocycles. The van der Waals surface area contributed by atoms with Crippen LogP contribution in [0.1, 0.15) is 23.7 Å². The summed E-state index contributed by atoms with van der Waals surface area (Å²) in [4.78, 5) is 16.0. The minimum atomic E-state index is -0.0765. The zero-order valence-electron chi connectivity index (χ0n) is 15.0. The summed E-state index contributed by atoms with van der Waals surface area (Å²) in [5.74, 6) is 0. The fourth-order valence-corrected chi connectivity index (χ4v) is 4.71. The van der Waals surface area contributed by atoms with Gasteiger partial charge in [0.05, 0.1) is 5.69 Å². The number of urea groups is 1. The van der Waals surface area contributed by atoms with Crippen LogP contribution in [-0.4, -0.2) is 12.6 Å². The average Bonchev–Trinajstić information content (AvgIpc) is 2.70. The van der Waals surface area contributed by atoms with Crippen molar-refractivity contribution in [3.63, 3.8) is 0 Å². The highest BCUT2D eigenvalue weighted by molar-refractivity contribution is 7.99. The third-order valence-corrected chi connectivity index (χ3v) is 6.11. The zero-order chi connectivity index (χ0) is 18.5. The number of carbonyl (C=O) groups excluding carboxylic acids is 1. The van der Waals surface area contributed by atoms with Crippen LogP contribution in [-0.2, 0) is 0 Å². The molecule has 0 fully saturated rings. The van der Waals surface area contributed by atoms with Gasteiger partial charge in [-0.05, 0) is 42.7 Å². The fourth-order valence-electron chi connectivity index (χ4n) is 3.37. The van der Waals surface area contributed by atoms with Crippen molar-refractivity contribution < 1.29 is 4.79 Å². The van der Waals surface area contributed by atoms with Crippen molar-refractivity contribution in [2.45, 2.75) is 23.0 Å². The van der Waals surface area contributed by atoms with Crippen LogP contribution < -0.4 is 10.2 Å². The lowest BCUT2D eigenvalue weighted by atomic mass is 10.1. The Hall–Kier alpha value is -2.72. The Kier molecular flexibility index (Phi) is 5.45. The topological polar surface area (TPSA) is 32.3 Å². The second-order valence-corrected chi connectivity index (χ2v) is 7.82. The largest absolute Gasteiger partial charge is 0.326 e. The molecule has 3 aromatic rings. The van der Waals surface area contributed by atoms with Crippen LogP contribution in [0, 0.1) is 0 Å². The Morgan fingerprint density at radius 3 is 2.33 bits per heavy atom. The van der Waals surface area contributed by atoms with E-state index in [1.807, 2.05) is 65.2 Å². The number of hydrogen-bond donors (Lipinski definition) is 1. The van der Waals surface area contributed by atoms with Crippen LogP contribution >= 0.6 is 11.8 Å². The highest BCUT2D eigenvalue weighted by atomic mass is 32.2. The molecule has 0 bridgehead atoms. The lowest BCUT2D eigenvalue weighted by Crippen LogP contribution is -2.36. The van der Waals surface area contributed by atoms with E-state index in [0.717, 1.165) is 29.1 Å². The summed E-state index contributed by atoms with van der Waals surface area (Å²) in [6.07, 6.45) is 2.00. The highest BCUT2D eigenvalue weighted by Gasteiger charge is 2.24. The van der Waals surface area contributed by atoms with Crippen LogP contribution in [0.4, 0.5) is 16.2 Å². The van der Waals surface area contributed by atoms with E-state index in [9.17, 15) is 4.79 Å². The van der Waals surface area contributed by atoms with Crippen LogP contribution in [0.25, 0.3) is 0 Å². The van der Waals surface area contributed by atoms with Crippen LogP contribution in [0.15, 0.2) is 89.8 Å². The third kappa shape index (κ3) is 4.17. The quantitative estimate of drug-likeness (QED) is 0.566. The van der Waals surface area contributed by atoms with Gasteiger partial charge < -0.3 is 5.32 Å². The zero-order valence-corrected chi connectivity index (χ0v) is 15.9. The van der Waals surface area contributed by atoms with Crippen LogP contribution in [0.2, 0.25) is 0 Å². The first-order chi connectivity index (χ1) is 13.3. The molecule has 4 heteroatoms. The van der Waals surface area contributed by atoms with E-state index in [1.165, 1.54) is 5.56 Å². The van der Waals surface area contributed by atoms with Gasteiger partial charge in [0, 0.05) is 22.4 Å². The summed E-state index contributed by atoms with van der Waals surface area (Å²) >= 11 is 1.85. The Morgan fingerprint density at radius 1 is 0.889 bits per heavy atom. The van der Waals surface area contributed by atoms with E-state index in [-0.39, 0.29) is 6.03 Å². The van der Waals surface area contributed by atoms with Crippen molar-refractivity contribution in [3.8, 4) is 0 Å². The molecule has 1 N–H and O–H groups in total. The summed E-state index contributed by atoms with van der Waals surface area (Å²) in [5, 5.41) is 3.43. The van der Waals surface area contributed by atoms with Crippen molar-refractivity contribution in [2.24, 2.45) is 0 Å². The molecule has 2 amide bonds. The maximum atomic E-state index is 13.0. The predicted octanol–water partition coefficient (Wildman–Crippen LogP) is 6.35. The van der Waals surface area contributed by atoms with Gasteiger partial charge in [0.15, 0.2) is 0 Å². The Morgan fingerprint density at radius 2 is 1.56 bits per heavy atom.